The van der Waals surface area contributed by atoms with E-state index in [1.165, 1.54) is 12.0 Å². The van der Waals surface area contributed by atoms with Crippen molar-refractivity contribution in [1.82, 2.24) is 9.97 Å². The van der Waals surface area contributed by atoms with Crippen molar-refractivity contribution in [3.05, 3.63) is 41.7 Å². The summed E-state index contributed by atoms with van der Waals surface area (Å²) in [6.45, 7) is 3.97. The fourth-order valence-electron chi connectivity index (χ4n) is 3.33. The Morgan fingerprint density at radius 3 is 2.83 bits per heavy atom. The second-order valence-corrected chi connectivity index (χ2v) is 6.30. The van der Waals surface area contributed by atoms with E-state index in [-0.39, 0.29) is 0 Å². The molecule has 0 radical (unpaired) electrons. The zero-order valence-electron chi connectivity index (χ0n) is 14.7. The van der Waals surface area contributed by atoms with Gasteiger partial charge in [0.1, 0.15) is 5.75 Å². The molecule has 1 aromatic heterocycles. The van der Waals surface area contributed by atoms with E-state index >= 15 is 0 Å². The minimum atomic E-state index is 0.617. The van der Waals surface area contributed by atoms with Crippen LogP contribution in [0.5, 0.6) is 11.6 Å². The molecule has 0 N–H and O–H groups in total. The Morgan fingerprint density at radius 1 is 1.21 bits per heavy atom. The van der Waals surface area contributed by atoms with Crippen LogP contribution >= 0.6 is 0 Å². The SMILES string of the molecule is COc1ccccc1CCC1CCN(c2nc(C)cnc2OC)C1. The molecule has 2 heterocycles. The van der Waals surface area contributed by atoms with Gasteiger partial charge in [-0.2, -0.15) is 0 Å². The molecule has 5 nitrogen and oxygen atoms in total. The number of methoxy groups -OCH3 is 2. The van der Waals surface area contributed by atoms with Crippen molar-refractivity contribution in [3.63, 3.8) is 0 Å². The molecule has 0 amide bonds. The molecule has 3 rings (SSSR count). The number of benzene rings is 1. The van der Waals surface area contributed by atoms with Crippen molar-refractivity contribution in [2.75, 3.05) is 32.2 Å². The Morgan fingerprint density at radius 2 is 2.04 bits per heavy atom. The van der Waals surface area contributed by atoms with Gasteiger partial charge >= 0.3 is 0 Å². The quantitative estimate of drug-likeness (QED) is 0.815. The fourth-order valence-corrected chi connectivity index (χ4v) is 3.33. The van der Waals surface area contributed by atoms with Gasteiger partial charge in [-0.05, 0) is 43.7 Å². The summed E-state index contributed by atoms with van der Waals surface area (Å²) < 4.78 is 10.8. The Balaban J connectivity index is 1.63. The summed E-state index contributed by atoms with van der Waals surface area (Å²) in [5, 5.41) is 0. The minimum Gasteiger partial charge on any atom is -0.496 e. The molecule has 1 unspecified atom stereocenters. The molecule has 1 aliphatic rings. The van der Waals surface area contributed by atoms with Crippen molar-refractivity contribution >= 4 is 5.82 Å². The highest BCUT2D eigenvalue weighted by Gasteiger charge is 2.26. The number of ether oxygens (including phenoxy) is 2. The molecule has 5 heteroatoms. The number of aryl methyl sites for hydroxylation is 2. The third-order valence-corrected chi connectivity index (χ3v) is 4.64. The molecule has 1 atom stereocenters. The molecule has 2 aromatic rings. The number of anilines is 1. The summed E-state index contributed by atoms with van der Waals surface area (Å²) in [6.07, 6.45) is 5.11. The number of rotatable bonds is 6. The van der Waals surface area contributed by atoms with Crippen LogP contribution in [-0.2, 0) is 6.42 Å². The molecular weight excluding hydrogens is 302 g/mol. The smallest absolute Gasteiger partial charge is 0.257 e. The van der Waals surface area contributed by atoms with Gasteiger partial charge in [0.15, 0.2) is 5.82 Å². The molecule has 128 valence electrons. The van der Waals surface area contributed by atoms with Crippen LogP contribution in [-0.4, -0.2) is 37.3 Å². The molecule has 0 bridgehead atoms. The Labute approximate surface area is 143 Å². The lowest BCUT2D eigenvalue weighted by Gasteiger charge is -2.19. The van der Waals surface area contributed by atoms with E-state index in [4.69, 9.17) is 9.47 Å². The topological polar surface area (TPSA) is 47.5 Å². The summed E-state index contributed by atoms with van der Waals surface area (Å²) in [5.41, 5.74) is 2.20. The van der Waals surface area contributed by atoms with Crippen molar-refractivity contribution in [2.45, 2.75) is 26.2 Å². The Hall–Kier alpha value is -2.30. The predicted octanol–water partition coefficient (Wildman–Crippen LogP) is 3.26. The third kappa shape index (κ3) is 3.61. The molecule has 1 aromatic carbocycles. The Bertz CT molecular complexity index is 690. The van der Waals surface area contributed by atoms with E-state index in [9.17, 15) is 0 Å². The van der Waals surface area contributed by atoms with Crippen molar-refractivity contribution in [1.29, 1.82) is 0 Å². The first-order valence-electron chi connectivity index (χ1n) is 8.45. The largest absolute Gasteiger partial charge is 0.496 e. The van der Waals surface area contributed by atoms with Crippen molar-refractivity contribution in [3.8, 4) is 11.6 Å². The standard InChI is InChI=1S/C19H25N3O2/c1-14-12-20-19(24-3)18(21-14)22-11-10-15(13-22)8-9-16-6-4-5-7-17(16)23-2/h4-7,12,15H,8-11,13H2,1-3H3. The first-order chi connectivity index (χ1) is 11.7. The van der Waals surface area contributed by atoms with Gasteiger partial charge in [0.25, 0.3) is 5.88 Å². The van der Waals surface area contributed by atoms with Gasteiger partial charge < -0.3 is 14.4 Å². The van der Waals surface area contributed by atoms with Crippen LogP contribution in [0.1, 0.15) is 24.1 Å². The van der Waals surface area contributed by atoms with E-state index < -0.39 is 0 Å². The molecular formula is C19H25N3O2. The molecule has 1 fully saturated rings. The summed E-state index contributed by atoms with van der Waals surface area (Å²) in [5.74, 6) is 3.13. The predicted molar refractivity (Wildman–Crippen MR) is 95.0 cm³/mol. The van der Waals surface area contributed by atoms with Crippen LogP contribution in [0, 0.1) is 12.8 Å². The first-order valence-corrected chi connectivity index (χ1v) is 8.45. The summed E-state index contributed by atoms with van der Waals surface area (Å²) in [7, 11) is 3.39. The highest BCUT2D eigenvalue weighted by atomic mass is 16.5. The van der Waals surface area contributed by atoms with Gasteiger partial charge in [-0.3, -0.25) is 0 Å². The maximum atomic E-state index is 5.45. The van der Waals surface area contributed by atoms with Gasteiger partial charge in [0.05, 0.1) is 26.1 Å². The summed E-state index contributed by atoms with van der Waals surface area (Å²) in [6, 6.07) is 8.28. The highest BCUT2D eigenvalue weighted by molar-refractivity contribution is 5.49. The average Bonchev–Trinajstić information content (AvgIpc) is 3.09. The molecule has 0 saturated carbocycles. The van der Waals surface area contributed by atoms with E-state index in [1.807, 2.05) is 19.1 Å². The number of para-hydroxylation sites is 1. The third-order valence-electron chi connectivity index (χ3n) is 4.64. The molecule has 1 aliphatic heterocycles. The fraction of sp³-hybridized carbons (Fsp3) is 0.474. The monoisotopic (exact) mass is 327 g/mol. The summed E-state index contributed by atoms with van der Waals surface area (Å²) >= 11 is 0. The van der Waals surface area contributed by atoms with Crippen molar-refractivity contribution < 1.29 is 9.47 Å². The van der Waals surface area contributed by atoms with Crippen LogP contribution in [0.3, 0.4) is 0 Å². The molecule has 1 saturated heterocycles. The van der Waals surface area contributed by atoms with Crippen LogP contribution in [0.25, 0.3) is 0 Å². The Kier molecular flexibility index (Phi) is 5.18. The summed E-state index contributed by atoms with van der Waals surface area (Å²) in [4.78, 5) is 11.3. The van der Waals surface area contributed by atoms with Crippen LogP contribution in [0.15, 0.2) is 30.5 Å². The van der Waals surface area contributed by atoms with Crippen LogP contribution in [0.4, 0.5) is 5.82 Å². The normalized spacial score (nSPS) is 17.1. The van der Waals surface area contributed by atoms with E-state index in [0.717, 1.165) is 43.2 Å². The lowest BCUT2D eigenvalue weighted by molar-refractivity contribution is 0.395. The van der Waals surface area contributed by atoms with Crippen LogP contribution < -0.4 is 14.4 Å². The van der Waals surface area contributed by atoms with E-state index in [1.54, 1.807) is 20.4 Å². The second kappa shape index (κ2) is 7.51. The second-order valence-electron chi connectivity index (χ2n) is 6.30. The van der Waals surface area contributed by atoms with Gasteiger partial charge in [-0.1, -0.05) is 18.2 Å². The zero-order valence-corrected chi connectivity index (χ0v) is 14.7. The van der Waals surface area contributed by atoms with Gasteiger partial charge in [0, 0.05) is 13.1 Å². The van der Waals surface area contributed by atoms with E-state index in [2.05, 4.69) is 27.0 Å². The lowest BCUT2D eigenvalue weighted by Crippen LogP contribution is -2.22. The number of aromatic nitrogens is 2. The van der Waals surface area contributed by atoms with Gasteiger partial charge in [-0.25, -0.2) is 9.97 Å². The van der Waals surface area contributed by atoms with Crippen LogP contribution in [0.2, 0.25) is 0 Å². The van der Waals surface area contributed by atoms with Gasteiger partial charge in [-0.15, -0.1) is 0 Å². The van der Waals surface area contributed by atoms with Gasteiger partial charge in [0.2, 0.25) is 0 Å². The molecule has 24 heavy (non-hydrogen) atoms. The first kappa shape index (κ1) is 16.6. The number of hydrogen-bond donors (Lipinski definition) is 0. The highest BCUT2D eigenvalue weighted by Crippen LogP contribution is 2.31. The minimum absolute atomic E-state index is 0.617. The molecule has 0 aliphatic carbocycles. The zero-order chi connectivity index (χ0) is 16.9. The van der Waals surface area contributed by atoms with Crippen molar-refractivity contribution in [2.24, 2.45) is 5.92 Å². The maximum Gasteiger partial charge on any atom is 0.257 e. The molecule has 0 spiro atoms. The maximum absolute atomic E-state index is 5.45. The van der Waals surface area contributed by atoms with E-state index in [0.29, 0.717) is 11.8 Å². The number of hydrogen-bond acceptors (Lipinski definition) is 5. The number of nitrogens with zero attached hydrogens (tertiary/aromatic N) is 3. The lowest BCUT2D eigenvalue weighted by atomic mass is 9.98. The average molecular weight is 327 g/mol.